The summed E-state index contributed by atoms with van der Waals surface area (Å²) in [6.45, 7) is 0. The number of benzene rings is 1. The molecule has 2 bridgehead atoms. The molecule has 4 atom stereocenters. The van der Waals surface area contributed by atoms with E-state index in [9.17, 15) is 31.5 Å². The van der Waals surface area contributed by atoms with E-state index in [-0.39, 0.29) is 21.9 Å². The minimum atomic E-state index is -4.11. The van der Waals surface area contributed by atoms with Gasteiger partial charge in [0.2, 0.25) is 15.4 Å². The van der Waals surface area contributed by atoms with Gasteiger partial charge >= 0.3 is 5.97 Å². The van der Waals surface area contributed by atoms with Gasteiger partial charge in [0.15, 0.2) is 0 Å². The predicted octanol–water partition coefficient (Wildman–Crippen LogP) is 0.448. The molecular formula is C17H17N5O7S3. The van der Waals surface area contributed by atoms with Gasteiger partial charge in [-0.05, 0) is 42.5 Å². The van der Waals surface area contributed by atoms with Crippen LogP contribution in [0.4, 0.5) is 10.8 Å². The maximum absolute atomic E-state index is 12.7. The number of amides is 1. The lowest BCUT2D eigenvalue weighted by Crippen LogP contribution is -2.36. The van der Waals surface area contributed by atoms with Gasteiger partial charge in [0.05, 0.1) is 16.7 Å². The van der Waals surface area contributed by atoms with Crippen molar-refractivity contribution in [2.24, 2.45) is 28.8 Å². The van der Waals surface area contributed by atoms with Gasteiger partial charge in [0, 0.05) is 5.69 Å². The molecule has 170 valence electrons. The van der Waals surface area contributed by atoms with Crippen molar-refractivity contribution in [3.8, 4) is 0 Å². The molecule has 0 aliphatic heterocycles. The van der Waals surface area contributed by atoms with Gasteiger partial charge in [0.1, 0.15) is 0 Å². The van der Waals surface area contributed by atoms with E-state index in [1.54, 1.807) is 0 Å². The Bertz CT molecular complexity index is 1320. The molecule has 1 saturated carbocycles. The van der Waals surface area contributed by atoms with Gasteiger partial charge in [-0.2, -0.15) is 0 Å². The standard InChI is InChI=1S/C17H17N5O7S3/c18-31(26,27)17-21-20-16(30-17)22-32(28,29)11-5-3-10(4-6-11)19-14(23)12-8-1-2-9(7-8)13(12)15(24)25/h1-6,8-9,12-13H,7H2,(H,19,23)(H,20,22)(H,24,25)(H2,18,26,27)/t8?,9?,12-,13+/m1/s1. The number of primary sulfonamides is 1. The number of carbonyl (C=O) groups is 2. The van der Waals surface area contributed by atoms with E-state index in [0.29, 0.717) is 23.4 Å². The fourth-order valence-corrected chi connectivity index (χ4v) is 6.56. The molecule has 15 heteroatoms. The number of carboxylic acid groups (broad SMARTS) is 1. The number of fused-ring (bicyclic) bond motifs is 2. The number of allylic oxidation sites excluding steroid dienone is 2. The van der Waals surface area contributed by atoms with Crippen LogP contribution in [0.3, 0.4) is 0 Å². The normalized spacial score (nSPS) is 24.4. The van der Waals surface area contributed by atoms with Gasteiger partial charge in [-0.15, -0.1) is 10.2 Å². The van der Waals surface area contributed by atoms with Crippen LogP contribution in [0.2, 0.25) is 0 Å². The molecule has 1 aromatic heterocycles. The molecule has 0 spiro atoms. The average molecular weight is 500 g/mol. The molecule has 1 amide bonds. The largest absolute Gasteiger partial charge is 0.481 e. The van der Waals surface area contributed by atoms with Gasteiger partial charge in [0.25, 0.3) is 20.0 Å². The summed E-state index contributed by atoms with van der Waals surface area (Å²) in [6.07, 6.45) is 4.32. The molecule has 4 rings (SSSR count). The van der Waals surface area contributed by atoms with Crippen LogP contribution in [0.25, 0.3) is 0 Å². The molecule has 1 aromatic carbocycles. The number of carbonyl (C=O) groups excluding carboxylic acids is 1. The maximum atomic E-state index is 12.7. The lowest BCUT2D eigenvalue weighted by molar-refractivity contribution is -0.146. The Morgan fingerprint density at radius 3 is 2.22 bits per heavy atom. The van der Waals surface area contributed by atoms with E-state index in [0.717, 1.165) is 0 Å². The van der Waals surface area contributed by atoms with Crippen molar-refractivity contribution in [1.29, 1.82) is 0 Å². The molecule has 2 aliphatic rings. The number of hydrogen-bond acceptors (Lipinski definition) is 9. The van der Waals surface area contributed by atoms with Crippen LogP contribution < -0.4 is 15.2 Å². The topological polar surface area (TPSA) is 199 Å². The minimum absolute atomic E-state index is 0.140. The quantitative estimate of drug-likeness (QED) is 0.390. The number of sulfonamides is 2. The lowest BCUT2D eigenvalue weighted by atomic mass is 9.82. The molecule has 5 N–H and O–H groups in total. The zero-order valence-electron chi connectivity index (χ0n) is 16.1. The number of carboxylic acids is 1. The van der Waals surface area contributed by atoms with Crippen molar-refractivity contribution in [1.82, 2.24) is 10.2 Å². The van der Waals surface area contributed by atoms with Gasteiger partial charge in [-0.1, -0.05) is 23.5 Å². The highest BCUT2D eigenvalue weighted by molar-refractivity contribution is 7.93. The van der Waals surface area contributed by atoms with Crippen LogP contribution in [-0.4, -0.2) is 44.0 Å². The molecule has 2 unspecified atom stereocenters. The first kappa shape index (κ1) is 22.3. The Labute approximate surface area is 186 Å². The number of nitrogens with zero attached hydrogens (tertiary/aromatic N) is 2. The highest BCUT2D eigenvalue weighted by atomic mass is 32.2. The predicted molar refractivity (Wildman–Crippen MR) is 113 cm³/mol. The number of hydrogen-bond donors (Lipinski definition) is 4. The smallest absolute Gasteiger partial charge is 0.307 e. The number of aromatic nitrogens is 2. The number of anilines is 2. The maximum Gasteiger partial charge on any atom is 0.307 e. The highest BCUT2D eigenvalue weighted by Gasteiger charge is 2.51. The third kappa shape index (κ3) is 4.23. The first-order chi connectivity index (χ1) is 15.0. The van der Waals surface area contributed by atoms with Crippen molar-refractivity contribution in [3.05, 3.63) is 36.4 Å². The van der Waals surface area contributed by atoms with E-state index in [2.05, 4.69) is 20.2 Å². The Morgan fingerprint density at radius 2 is 1.66 bits per heavy atom. The van der Waals surface area contributed by atoms with E-state index in [1.807, 2.05) is 12.2 Å². The molecular weight excluding hydrogens is 482 g/mol. The number of nitrogens with one attached hydrogen (secondary N) is 2. The number of aliphatic carboxylic acids is 1. The molecule has 0 radical (unpaired) electrons. The number of rotatable bonds is 7. The Hall–Kier alpha value is -2.88. The zero-order chi connectivity index (χ0) is 23.3. The molecule has 2 aliphatic carbocycles. The Morgan fingerprint density at radius 1 is 1.03 bits per heavy atom. The highest BCUT2D eigenvalue weighted by Crippen LogP contribution is 2.48. The molecule has 2 aromatic rings. The Balaban J connectivity index is 1.46. The summed E-state index contributed by atoms with van der Waals surface area (Å²) >= 11 is 0.459. The average Bonchev–Trinajstić information content (AvgIpc) is 3.43. The second kappa shape index (κ2) is 7.91. The van der Waals surface area contributed by atoms with Crippen LogP contribution in [0, 0.1) is 23.7 Å². The summed E-state index contributed by atoms with van der Waals surface area (Å²) in [5.41, 5.74) is 0.303. The SMILES string of the molecule is NS(=O)(=O)c1nnc(NS(=O)(=O)c2ccc(NC(=O)[C@@H]3C4C=CC(C4)[C@@H]3C(=O)O)cc2)s1. The van der Waals surface area contributed by atoms with Crippen molar-refractivity contribution >= 4 is 54.1 Å². The third-order valence-corrected chi connectivity index (χ3v) is 8.98. The number of nitrogens with two attached hydrogens (primary N) is 1. The monoisotopic (exact) mass is 499 g/mol. The van der Waals surface area contributed by atoms with Crippen LogP contribution in [-0.2, 0) is 29.6 Å². The van der Waals surface area contributed by atoms with Crippen LogP contribution >= 0.6 is 11.3 Å². The van der Waals surface area contributed by atoms with E-state index >= 15 is 0 Å². The first-order valence-corrected chi connectivity index (χ1v) is 13.0. The molecule has 0 saturated heterocycles. The second-order valence-electron chi connectivity index (χ2n) is 7.38. The first-order valence-electron chi connectivity index (χ1n) is 9.17. The summed E-state index contributed by atoms with van der Waals surface area (Å²) < 4.78 is 49.0. The van der Waals surface area contributed by atoms with Gasteiger partial charge in [-0.25, -0.2) is 22.0 Å². The molecule has 12 nitrogen and oxygen atoms in total. The van der Waals surface area contributed by atoms with Crippen molar-refractivity contribution in [3.63, 3.8) is 0 Å². The van der Waals surface area contributed by atoms with E-state index in [4.69, 9.17) is 5.14 Å². The lowest BCUT2D eigenvalue weighted by Gasteiger charge is -2.23. The summed E-state index contributed by atoms with van der Waals surface area (Å²) in [7, 11) is -8.22. The minimum Gasteiger partial charge on any atom is -0.481 e. The molecule has 32 heavy (non-hydrogen) atoms. The molecule has 1 heterocycles. The summed E-state index contributed by atoms with van der Waals surface area (Å²) in [5, 5.41) is 23.5. The summed E-state index contributed by atoms with van der Waals surface area (Å²) in [5.74, 6) is -3.24. The summed E-state index contributed by atoms with van der Waals surface area (Å²) in [4.78, 5) is 24.1. The third-order valence-electron chi connectivity index (χ3n) is 5.35. The second-order valence-corrected chi connectivity index (χ2v) is 11.8. The van der Waals surface area contributed by atoms with Crippen molar-refractivity contribution in [2.75, 3.05) is 10.0 Å². The van der Waals surface area contributed by atoms with E-state index in [1.165, 1.54) is 24.3 Å². The van der Waals surface area contributed by atoms with E-state index < -0.39 is 48.1 Å². The Kier molecular flexibility index (Phi) is 5.52. The van der Waals surface area contributed by atoms with Crippen molar-refractivity contribution in [2.45, 2.75) is 15.7 Å². The van der Waals surface area contributed by atoms with Crippen LogP contribution in [0.1, 0.15) is 6.42 Å². The van der Waals surface area contributed by atoms with Gasteiger partial charge in [-0.3, -0.25) is 14.3 Å². The van der Waals surface area contributed by atoms with Gasteiger partial charge < -0.3 is 10.4 Å². The molecule has 1 fully saturated rings. The van der Waals surface area contributed by atoms with Crippen LogP contribution in [0.15, 0.2) is 45.7 Å². The fourth-order valence-electron chi connectivity index (χ4n) is 4.00. The fraction of sp³-hybridized carbons (Fsp3) is 0.294. The zero-order valence-corrected chi connectivity index (χ0v) is 18.5. The van der Waals surface area contributed by atoms with Crippen molar-refractivity contribution < 1.29 is 31.5 Å². The van der Waals surface area contributed by atoms with Crippen LogP contribution in [0.5, 0.6) is 0 Å². The summed E-state index contributed by atoms with van der Waals surface area (Å²) in [6, 6.07) is 5.19.